The molecule has 0 radical (unpaired) electrons. The van der Waals surface area contributed by atoms with Crippen molar-refractivity contribution >= 4 is 30.8 Å². The van der Waals surface area contributed by atoms with Crippen molar-refractivity contribution in [1.82, 2.24) is 4.90 Å². The number of carbonyl (C=O) groups excluding carboxylic acids is 2. The Kier molecular flexibility index (Phi) is 10.9. The first kappa shape index (κ1) is 33.7. The van der Waals surface area contributed by atoms with Crippen molar-refractivity contribution in [3.8, 4) is 11.5 Å². The Balaban J connectivity index is 1.27. The Hall–Kier alpha value is -3.66. The summed E-state index contributed by atoms with van der Waals surface area (Å²) in [5, 5.41) is 14.2. The number of benzene rings is 3. The molecule has 8 nitrogen and oxygen atoms in total. The van der Waals surface area contributed by atoms with Crippen LogP contribution in [0.1, 0.15) is 48.5 Å². The highest BCUT2D eigenvalue weighted by Gasteiger charge is 2.51. The minimum atomic E-state index is -2.09. The molecule has 46 heavy (non-hydrogen) atoms. The van der Waals surface area contributed by atoms with Gasteiger partial charge in [-0.25, -0.2) is 0 Å². The van der Waals surface area contributed by atoms with Gasteiger partial charge in [0.15, 0.2) is 0 Å². The van der Waals surface area contributed by atoms with E-state index in [1.165, 1.54) is 10.8 Å². The number of nitrogens with zero attached hydrogens (tertiary/aromatic N) is 1. The van der Waals surface area contributed by atoms with Gasteiger partial charge in [0, 0.05) is 17.8 Å². The molecule has 0 aliphatic carbocycles. The van der Waals surface area contributed by atoms with Crippen LogP contribution in [0.4, 0.5) is 5.69 Å². The number of nitrogens with one attached hydrogen (secondary N) is 1. The van der Waals surface area contributed by atoms with Gasteiger partial charge >= 0.3 is 0 Å². The van der Waals surface area contributed by atoms with Crippen molar-refractivity contribution in [2.24, 2.45) is 5.92 Å². The van der Waals surface area contributed by atoms with Crippen LogP contribution in [0.3, 0.4) is 0 Å². The molecule has 2 heterocycles. The molecular formula is C37H48N2O6Si. The Bertz CT molecular complexity index is 1460. The van der Waals surface area contributed by atoms with Crippen LogP contribution in [0.5, 0.6) is 11.5 Å². The van der Waals surface area contributed by atoms with Crippen LogP contribution < -0.4 is 20.0 Å². The molecule has 5 rings (SSSR count). The monoisotopic (exact) mass is 644 g/mol. The highest BCUT2D eigenvalue weighted by atomic mass is 28.3. The van der Waals surface area contributed by atoms with Crippen LogP contribution >= 0.6 is 0 Å². The minimum absolute atomic E-state index is 0.00969. The molecule has 3 aromatic rings. The molecule has 2 aliphatic heterocycles. The lowest BCUT2D eigenvalue weighted by molar-refractivity contribution is -0.135. The fraction of sp³-hybridized carbons (Fsp3) is 0.459. The Morgan fingerprint density at radius 1 is 0.935 bits per heavy atom. The largest absolute Gasteiger partial charge is 0.497 e. The van der Waals surface area contributed by atoms with Crippen molar-refractivity contribution in [2.45, 2.75) is 75.9 Å². The number of anilines is 1. The van der Waals surface area contributed by atoms with Gasteiger partial charge in [0.1, 0.15) is 11.5 Å². The number of ether oxygens (including phenoxy) is 3. The number of hydrogen-bond acceptors (Lipinski definition) is 6. The van der Waals surface area contributed by atoms with Crippen LogP contribution in [0.25, 0.3) is 0 Å². The fourth-order valence-electron chi connectivity index (χ4n) is 7.50. The number of aliphatic hydroxyl groups excluding tert-OH is 1. The summed E-state index contributed by atoms with van der Waals surface area (Å²) >= 11 is 0. The molecule has 9 heteroatoms. The zero-order chi connectivity index (χ0) is 32.8. The molecule has 2 N–H and O–H groups in total. The van der Waals surface area contributed by atoms with E-state index in [-0.39, 0.29) is 48.1 Å². The third kappa shape index (κ3) is 7.48. The van der Waals surface area contributed by atoms with E-state index in [4.69, 9.17) is 14.2 Å². The number of aryl methyl sites for hydroxylation is 1. The van der Waals surface area contributed by atoms with Gasteiger partial charge in [-0.2, -0.15) is 0 Å². The number of likely N-dealkylation sites (tertiary alicyclic amines) is 1. The summed E-state index contributed by atoms with van der Waals surface area (Å²) in [6, 6.07) is 23.4. The van der Waals surface area contributed by atoms with Crippen molar-refractivity contribution in [3.05, 3.63) is 83.9 Å². The molecular weight excluding hydrogens is 597 g/mol. The van der Waals surface area contributed by atoms with Gasteiger partial charge in [0.25, 0.3) is 5.91 Å². The normalized spacial score (nSPS) is 22.9. The Morgan fingerprint density at radius 3 is 2.17 bits per heavy atom. The van der Waals surface area contributed by atoms with E-state index >= 15 is 0 Å². The summed E-state index contributed by atoms with van der Waals surface area (Å²) in [5.41, 5.74) is 2.73. The van der Waals surface area contributed by atoms with Gasteiger partial charge in [-0.1, -0.05) is 49.5 Å². The SMILES string of the molecule is COc1ccc(C(=O)Nc2ccc(CC[C@H]3O[C@@H](CC(=O)N4CCC[C@H]4CO)[C@H]([Si](C)(C)c4ccc(OC)cc4)[C@H]3C)cc2)cc1. The zero-order valence-electron chi connectivity index (χ0n) is 27.7. The first-order valence-corrected chi connectivity index (χ1v) is 19.5. The van der Waals surface area contributed by atoms with Gasteiger partial charge in [0.05, 0.1) is 53.6 Å². The summed E-state index contributed by atoms with van der Waals surface area (Å²) in [7, 11) is 1.19. The zero-order valence-corrected chi connectivity index (χ0v) is 28.7. The molecule has 0 saturated carbocycles. The smallest absolute Gasteiger partial charge is 0.255 e. The van der Waals surface area contributed by atoms with Crippen LogP contribution in [0, 0.1) is 5.92 Å². The van der Waals surface area contributed by atoms with Crippen LogP contribution in [0.2, 0.25) is 18.6 Å². The van der Waals surface area contributed by atoms with E-state index < -0.39 is 8.07 Å². The molecule has 246 valence electrons. The predicted molar refractivity (Wildman–Crippen MR) is 184 cm³/mol. The maximum atomic E-state index is 13.6. The Morgan fingerprint density at radius 2 is 1.57 bits per heavy atom. The van der Waals surface area contributed by atoms with E-state index in [1.54, 1.807) is 38.5 Å². The number of amides is 2. The summed E-state index contributed by atoms with van der Waals surface area (Å²) in [5.74, 6) is 1.74. The lowest BCUT2D eigenvalue weighted by Gasteiger charge is -2.36. The summed E-state index contributed by atoms with van der Waals surface area (Å²) in [6.07, 6.45) is 3.65. The second kappa shape index (κ2) is 14.8. The van der Waals surface area contributed by atoms with Crippen molar-refractivity contribution in [2.75, 3.05) is 32.7 Å². The molecule has 0 spiro atoms. The van der Waals surface area contributed by atoms with Crippen LogP contribution in [-0.4, -0.2) is 75.5 Å². The highest BCUT2D eigenvalue weighted by Crippen LogP contribution is 2.46. The molecule has 2 fully saturated rings. The van der Waals surface area contributed by atoms with E-state index in [0.717, 1.165) is 37.1 Å². The number of rotatable bonds is 12. The number of hydrogen-bond donors (Lipinski definition) is 2. The topological polar surface area (TPSA) is 97.3 Å². The quantitative estimate of drug-likeness (QED) is 0.248. The van der Waals surface area contributed by atoms with E-state index in [1.807, 2.05) is 29.2 Å². The number of methoxy groups -OCH3 is 2. The molecule has 5 atom stereocenters. The van der Waals surface area contributed by atoms with Gasteiger partial charge in [-0.3, -0.25) is 9.59 Å². The molecule has 2 amide bonds. The molecule has 0 unspecified atom stereocenters. The van der Waals surface area contributed by atoms with Crippen LogP contribution in [-0.2, 0) is 16.0 Å². The standard InChI is InChI=1S/C37H48N2O6Si/c1-25-33(21-10-26-8-13-28(14-9-26)38-37(42)27-11-15-30(43-2)16-12-27)45-34(23-35(41)39-22-6-7-29(39)24-40)36(25)46(4,5)32-19-17-31(44-3)18-20-32/h8-9,11-20,25,29,33-34,36,40H,6-7,10,21-24H2,1-5H3,(H,38,42)/t25-,29-,33+,34-,36+/m0/s1. The number of carbonyl (C=O) groups is 2. The van der Waals surface area contributed by atoms with Crippen molar-refractivity contribution < 1.29 is 28.9 Å². The van der Waals surface area contributed by atoms with Gasteiger partial charge in [-0.15, -0.1) is 0 Å². The average molecular weight is 645 g/mol. The molecule has 2 aliphatic rings. The van der Waals surface area contributed by atoms with E-state index in [2.05, 4.69) is 49.6 Å². The van der Waals surface area contributed by atoms with E-state index in [9.17, 15) is 14.7 Å². The Labute approximate surface area is 274 Å². The lowest BCUT2D eigenvalue weighted by atomic mass is 9.95. The molecule has 2 saturated heterocycles. The molecule has 0 bridgehead atoms. The van der Waals surface area contributed by atoms with Gasteiger partial charge < -0.3 is 29.5 Å². The first-order chi connectivity index (χ1) is 22.1. The third-order valence-corrected chi connectivity index (χ3v) is 14.5. The van der Waals surface area contributed by atoms with Crippen molar-refractivity contribution in [3.63, 3.8) is 0 Å². The second-order valence-electron chi connectivity index (χ2n) is 13.2. The highest BCUT2D eigenvalue weighted by molar-refractivity contribution is 6.91. The minimum Gasteiger partial charge on any atom is -0.497 e. The van der Waals surface area contributed by atoms with Gasteiger partial charge in [0.2, 0.25) is 5.91 Å². The lowest BCUT2D eigenvalue weighted by Crippen LogP contribution is -2.51. The summed E-state index contributed by atoms with van der Waals surface area (Å²) in [6.45, 7) is 7.80. The fourth-order valence-corrected chi connectivity index (χ4v) is 11.6. The molecule has 3 aromatic carbocycles. The second-order valence-corrected chi connectivity index (χ2v) is 17.9. The summed E-state index contributed by atoms with van der Waals surface area (Å²) in [4.78, 5) is 28.1. The third-order valence-electron chi connectivity index (χ3n) is 10.1. The summed E-state index contributed by atoms with van der Waals surface area (Å²) < 4.78 is 17.4. The van der Waals surface area contributed by atoms with Gasteiger partial charge in [-0.05, 0) is 91.2 Å². The maximum Gasteiger partial charge on any atom is 0.255 e. The van der Waals surface area contributed by atoms with E-state index in [0.29, 0.717) is 24.3 Å². The number of aliphatic hydroxyl groups is 1. The first-order valence-electron chi connectivity index (χ1n) is 16.4. The molecule has 0 aromatic heterocycles. The van der Waals surface area contributed by atoms with Crippen LogP contribution in [0.15, 0.2) is 72.8 Å². The maximum absolute atomic E-state index is 13.6. The average Bonchev–Trinajstić information content (AvgIpc) is 3.68. The van der Waals surface area contributed by atoms with Crippen molar-refractivity contribution in [1.29, 1.82) is 0 Å². The predicted octanol–water partition coefficient (Wildman–Crippen LogP) is 5.65.